The van der Waals surface area contributed by atoms with Gasteiger partial charge < -0.3 is 10.1 Å². The van der Waals surface area contributed by atoms with Gasteiger partial charge in [0, 0.05) is 5.56 Å². The molecule has 1 unspecified atom stereocenters. The number of methoxy groups -OCH3 is 1. The molecule has 1 aromatic heterocycles. The fourth-order valence-corrected chi connectivity index (χ4v) is 2.22. The standard InChI is InChI=1S/C14H20N4O/c1-5-15-12(14-16-8-17-18-14)11-7-6-9(2)10(3)13(11)19-4/h6-8,12,15H,5H2,1-4H3,(H,16,17,18). The van der Waals surface area contributed by atoms with E-state index in [9.17, 15) is 0 Å². The van der Waals surface area contributed by atoms with Gasteiger partial charge in [0.25, 0.3) is 0 Å². The van der Waals surface area contributed by atoms with E-state index in [-0.39, 0.29) is 6.04 Å². The van der Waals surface area contributed by atoms with Crippen LogP contribution in [0, 0.1) is 13.8 Å². The topological polar surface area (TPSA) is 62.8 Å². The van der Waals surface area contributed by atoms with Crippen LogP contribution in [0.15, 0.2) is 18.5 Å². The predicted molar refractivity (Wildman–Crippen MR) is 74.4 cm³/mol. The van der Waals surface area contributed by atoms with Crippen LogP contribution in [0.2, 0.25) is 0 Å². The number of aromatic amines is 1. The first-order valence-electron chi connectivity index (χ1n) is 6.41. The summed E-state index contributed by atoms with van der Waals surface area (Å²) >= 11 is 0. The highest BCUT2D eigenvalue weighted by atomic mass is 16.5. The lowest BCUT2D eigenvalue weighted by atomic mass is 9.98. The van der Waals surface area contributed by atoms with Crippen molar-refractivity contribution in [1.82, 2.24) is 20.5 Å². The summed E-state index contributed by atoms with van der Waals surface area (Å²) in [4.78, 5) is 4.25. The van der Waals surface area contributed by atoms with Crippen molar-refractivity contribution in [1.29, 1.82) is 0 Å². The van der Waals surface area contributed by atoms with Crippen LogP contribution in [-0.4, -0.2) is 28.8 Å². The smallest absolute Gasteiger partial charge is 0.146 e. The summed E-state index contributed by atoms with van der Waals surface area (Å²) in [5.74, 6) is 1.70. The van der Waals surface area contributed by atoms with E-state index in [1.165, 1.54) is 11.9 Å². The third-order valence-corrected chi connectivity index (χ3v) is 3.34. The lowest BCUT2D eigenvalue weighted by molar-refractivity contribution is 0.399. The minimum Gasteiger partial charge on any atom is -0.496 e. The number of hydrogen-bond donors (Lipinski definition) is 2. The fourth-order valence-electron chi connectivity index (χ4n) is 2.22. The van der Waals surface area contributed by atoms with Crippen LogP contribution in [0.1, 0.15) is 35.5 Å². The second-order valence-electron chi connectivity index (χ2n) is 4.49. The molecule has 0 fully saturated rings. The quantitative estimate of drug-likeness (QED) is 0.864. The Hall–Kier alpha value is -1.88. The Morgan fingerprint density at radius 2 is 2.16 bits per heavy atom. The number of hydrogen-bond acceptors (Lipinski definition) is 4. The van der Waals surface area contributed by atoms with Crippen LogP contribution < -0.4 is 10.1 Å². The molecule has 1 aromatic carbocycles. The Balaban J connectivity index is 2.51. The van der Waals surface area contributed by atoms with Crippen molar-refractivity contribution in [2.45, 2.75) is 26.8 Å². The van der Waals surface area contributed by atoms with Gasteiger partial charge in [-0.25, -0.2) is 4.98 Å². The SMILES string of the molecule is CCNC(c1ncn[nH]1)c1ccc(C)c(C)c1OC. The molecule has 1 heterocycles. The van der Waals surface area contributed by atoms with E-state index in [0.717, 1.165) is 29.2 Å². The molecule has 102 valence electrons. The molecule has 0 aliphatic heterocycles. The van der Waals surface area contributed by atoms with E-state index in [4.69, 9.17) is 4.74 Å². The zero-order valence-electron chi connectivity index (χ0n) is 11.8. The van der Waals surface area contributed by atoms with E-state index >= 15 is 0 Å². The van der Waals surface area contributed by atoms with E-state index in [0.29, 0.717) is 0 Å². The molecular formula is C14H20N4O. The summed E-state index contributed by atoms with van der Waals surface area (Å²) < 4.78 is 5.58. The van der Waals surface area contributed by atoms with Gasteiger partial charge >= 0.3 is 0 Å². The highest BCUT2D eigenvalue weighted by molar-refractivity contribution is 5.48. The van der Waals surface area contributed by atoms with E-state index in [2.05, 4.69) is 53.4 Å². The van der Waals surface area contributed by atoms with Crippen molar-refractivity contribution in [2.75, 3.05) is 13.7 Å². The van der Waals surface area contributed by atoms with Crippen LogP contribution in [0.25, 0.3) is 0 Å². The van der Waals surface area contributed by atoms with Crippen LogP contribution in [0.5, 0.6) is 5.75 Å². The lowest BCUT2D eigenvalue weighted by Crippen LogP contribution is -2.24. The fraction of sp³-hybridized carbons (Fsp3) is 0.429. The Kier molecular flexibility index (Phi) is 4.16. The molecule has 5 heteroatoms. The van der Waals surface area contributed by atoms with Gasteiger partial charge in [-0.05, 0) is 31.5 Å². The van der Waals surface area contributed by atoms with Crippen molar-refractivity contribution >= 4 is 0 Å². The van der Waals surface area contributed by atoms with Crippen LogP contribution in [0.4, 0.5) is 0 Å². The largest absolute Gasteiger partial charge is 0.496 e. The third-order valence-electron chi connectivity index (χ3n) is 3.34. The van der Waals surface area contributed by atoms with Gasteiger partial charge in [-0.3, -0.25) is 5.10 Å². The second-order valence-corrected chi connectivity index (χ2v) is 4.49. The molecule has 2 aromatic rings. The summed E-state index contributed by atoms with van der Waals surface area (Å²) in [6.45, 7) is 7.05. The van der Waals surface area contributed by atoms with Gasteiger partial charge in [0.2, 0.25) is 0 Å². The maximum atomic E-state index is 5.58. The number of nitrogens with zero attached hydrogens (tertiary/aromatic N) is 2. The molecular weight excluding hydrogens is 240 g/mol. The first-order valence-corrected chi connectivity index (χ1v) is 6.41. The molecule has 0 bridgehead atoms. The molecule has 0 aliphatic carbocycles. The highest BCUT2D eigenvalue weighted by Crippen LogP contribution is 2.32. The normalized spacial score (nSPS) is 12.4. The molecule has 0 saturated heterocycles. The Morgan fingerprint density at radius 3 is 2.74 bits per heavy atom. The monoisotopic (exact) mass is 260 g/mol. The van der Waals surface area contributed by atoms with Gasteiger partial charge in [0.05, 0.1) is 13.2 Å². The summed E-state index contributed by atoms with van der Waals surface area (Å²) in [5, 5.41) is 10.3. The molecule has 0 radical (unpaired) electrons. The Bertz CT molecular complexity index is 537. The number of aromatic nitrogens is 3. The number of H-pyrrole nitrogens is 1. The highest BCUT2D eigenvalue weighted by Gasteiger charge is 2.21. The van der Waals surface area contributed by atoms with E-state index in [1.54, 1.807) is 7.11 Å². The Labute approximate surface area is 113 Å². The summed E-state index contributed by atoms with van der Waals surface area (Å²) in [5.41, 5.74) is 3.44. The summed E-state index contributed by atoms with van der Waals surface area (Å²) in [6.07, 6.45) is 1.52. The molecule has 0 saturated carbocycles. The molecule has 2 rings (SSSR count). The molecule has 1 atom stereocenters. The average molecular weight is 260 g/mol. The van der Waals surface area contributed by atoms with Crippen molar-refractivity contribution < 1.29 is 4.74 Å². The molecule has 0 amide bonds. The maximum Gasteiger partial charge on any atom is 0.146 e. The van der Waals surface area contributed by atoms with Crippen molar-refractivity contribution in [2.24, 2.45) is 0 Å². The van der Waals surface area contributed by atoms with E-state index < -0.39 is 0 Å². The van der Waals surface area contributed by atoms with Crippen LogP contribution >= 0.6 is 0 Å². The number of benzene rings is 1. The molecule has 0 spiro atoms. The first kappa shape index (κ1) is 13.5. The zero-order valence-corrected chi connectivity index (χ0v) is 11.8. The van der Waals surface area contributed by atoms with Gasteiger partial charge in [-0.2, -0.15) is 5.10 Å². The Morgan fingerprint density at radius 1 is 1.37 bits per heavy atom. The van der Waals surface area contributed by atoms with Gasteiger partial charge in [-0.1, -0.05) is 19.1 Å². The maximum absolute atomic E-state index is 5.58. The zero-order chi connectivity index (χ0) is 13.8. The molecule has 2 N–H and O–H groups in total. The minimum absolute atomic E-state index is 0.0400. The molecule has 19 heavy (non-hydrogen) atoms. The van der Waals surface area contributed by atoms with E-state index in [1.807, 2.05) is 0 Å². The number of nitrogens with one attached hydrogen (secondary N) is 2. The number of aryl methyl sites for hydroxylation is 1. The average Bonchev–Trinajstić information content (AvgIpc) is 2.93. The van der Waals surface area contributed by atoms with Gasteiger partial charge in [-0.15, -0.1) is 0 Å². The van der Waals surface area contributed by atoms with Gasteiger partial charge in [0.15, 0.2) is 0 Å². The molecule has 5 nitrogen and oxygen atoms in total. The van der Waals surface area contributed by atoms with Gasteiger partial charge in [0.1, 0.15) is 17.9 Å². The summed E-state index contributed by atoms with van der Waals surface area (Å²) in [6, 6.07) is 4.15. The third kappa shape index (κ3) is 2.61. The lowest BCUT2D eigenvalue weighted by Gasteiger charge is -2.20. The van der Waals surface area contributed by atoms with Crippen LogP contribution in [-0.2, 0) is 0 Å². The summed E-state index contributed by atoms with van der Waals surface area (Å²) in [7, 11) is 1.70. The minimum atomic E-state index is -0.0400. The number of ether oxygens (including phenoxy) is 1. The first-order chi connectivity index (χ1) is 9.19. The number of rotatable bonds is 5. The predicted octanol–water partition coefficient (Wildman–Crippen LogP) is 2.13. The van der Waals surface area contributed by atoms with Crippen LogP contribution in [0.3, 0.4) is 0 Å². The van der Waals surface area contributed by atoms with Crippen molar-refractivity contribution in [3.8, 4) is 5.75 Å². The van der Waals surface area contributed by atoms with Crippen molar-refractivity contribution in [3.05, 3.63) is 41.0 Å². The van der Waals surface area contributed by atoms with Crippen molar-refractivity contribution in [3.63, 3.8) is 0 Å². The second kappa shape index (κ2) is 5.84. The molecule has 0 aliphatic rings.